The zero-order valence-corrected chi connectivity index (χ0v) is 20.1. The van der Waals surface area contributed by atoms with Crippen LogP contribution in [0.4, 0.5) is 10.1 Å². The van der Waals surface area contributed by atoms with Gasteiger partial charge in [-0.05, 0) is 35.4 Å². The van der Waals surface area contributed by atoms with E-state index in [1.165, 1.54) is 23.3 Å². The Bertz CT molecular complexity index is 1040. The first-order valence-corrected chi connectivity index (χ1v) is 12.5. The van der Waals surface area contributed by atoms with Crippen molar-refractivity contribution in [2.75, 3.05) is 63.8 Å². The Hall–Kier alpha value is -3.22. The summed E-state index contributed by atoms with van der Waals surface area (Å²) in [4.78, 5) is 22.0. The quantitative estimate of drug-likeness (QED) is 0.545. The van der Waals surface area contributed by atoms with Gasteiger partial charge in [0.1, 0.15) is 5.82 Å². The van der Waals surface area contributed by atoms with E-state index in [-0.39, 0.29) is 17.8 Å². The van der Waals surface area contributed by atoms with E-state index in [1.807, 2.05) is 17.0 Å². The first kappa shape index (κ1) is 23.5. The molecule has 2 saturated heterocycles. The van der Waals surface area contributed by atoms with Crippen molar-refractivity contribution < 1.29 is 9.18 Å². The molecule has 0 spiro atoms. The van der Waals surface area contributed by atoms with Gasteiger partial charge in [-0.2, -0.15) is 0 Å². The number of halogens is 1. The number of hydrogen-bond acceptors (Lipinski definition) is 4. The van der Waals surface area contributed by atoms with Crippen molar-refractivity contribution in [2.45, 2.75) is 6.04 Å². The van der Waals surface area contributed by atoms with Crippen LogP contribution >= 0.6 is 0 Å². The Morgan fingerprint density at radius 3 is 1.77 bits per heavy atom. The Kier molecular flexibility index (Phi) is 7.40. The SMILES string of the molecule is O=C(CN1CCN(C(c2ccccc2)c2ccccc2)CC1)N1CCN(c2ccc(F)cc2)CC1. The normalized spacial score (nSPS) is 17.7. The second kappa shape index (κ2) is 11.0. The van der Waals surface area contributed by atoms with Crippen molar-refractivity contribution in [1.82, 2.24) is 14.7 Å². The first-order valence-electron chi connectivity index (χ1n) is 12.5. The predicted molar refractivity (Wildman–Crippen MR) is 138 cm³/mol. The molecular formula is C29H33FN4O. The van der Waals surface area contributed by atoms with Gasteiger partial charge in [0.15, 0.2) is 0 Å². The zero-order chi connectivity index (χ0) is 24.0. The molecule has 3 aromatic rings. The van der Waals surface area contributed by atoms with Gasteiger partial charge in [-0.3, -0.25) is 14.6 Å². The summed E-state index contributed by atoms with van der Waals surface area (Å²) in [5, 5.41) is 0. The minimum Gasteiger partial charge on any atom is -0.368 e. The van der Waals surface area contributed by atoms with E-state index in [0.29, 0.717) is 19.6 Å². The molecule has 6 heteroatoms. The van der Waals surface area contributed by atoms with Gasteiger partial charge in [0.05, 0.1) is 12.6 Å². The molecule has 1 amide bonds. The van der Waals surface area contributed by atoms with Gasteiger partial charge in [-0.25, -0.2) is 4.39 Å². The number of nitrogens with zero attached hydrogens (tertiary/aromatic N) is 4. The lowest BCUT2D eigenvalue weighted by Crippen LogP contribution is -2.54. The monoisotopic (exact) mass is 472 g/mol. The summed E-state index contributed by atoms with van der Waals surface area (Å²) in [5.74, 6) is -0.0126. The Labute approximate surface area is 207 Å². The average Bonchev–Trinajstić information content (AvgIpc) is 2.92. The molecule has 0 bridgehead atoms. The van der Waals surface area contributed by atoms with Crippen molar-refractivity contribution in [3.8, 4) is 0 Å². The predicted octanol–water partition coefficient (Wildman–Crippen LogP) is 3.88. The lowest BCUT2D eigenvalue weighted by Gasteiger charge is -2.41. The highest BCUT2D eigenvalue weighted by Crippen LogP contribution is 2.29. The second-order valence-corrected chi connectivity index (χ2v) is 9.38. The first-order chi connectivity index (χ1) is 17.2. The van der Waals surface area contributed by atoms with E-state index in [1.54, 1.807) is 0 Å². The fourth-order valence-corrected chi connectivity index (χ4v) is 5.22. The summed E-state index contributed by atoms with van der Waals surface area (Å²) in [5.41, 5.74) is 3.63. The van der Waals surface area contributed by atoms with Gasteiger partial charge >= 0.3 is 0 Å². The smallest absolute Gasteiger partial charge is 0.236 e. The molecular weight excluding hydrogens is 439 g/mol. The van der Waals surface area contributed by atoms with Crippen LogP contribution < -0.4 is 4.90 Å². The van der Waals surface area contributed by atoms with Crippen LogP contribution in [0.25, 0.3) is 0 Å². The van der Waals surface area contributed by atoms with Crippen LogP contribution in [0.2, 0.25) is 0 Å². The van der Waals surface area contributed by atoms with Gasteiger partial charge in [-0.1, -0.05) is 60.7 Å². The maximum Gasteiger partial charge on any atom is 0.236 e. The molecule has 3 aromatic carbocycles. The molecule has 0 atom stereocenters. The topological polar surface area (TPSA) is 30.0 Å². The fourth-order valence-electron chi connectivity index (χ4n) is 5.22. The molecule has 0 aliphatic carbocycles. The number of benzene rings is 3. The van der Waals surface area contributed by atoms with Crippen molar-refractivity contribution in [2.24, 2.45) is 0 Å². The molecule has 182 valence electrons. The highest BCUT2D eigenvalue weighted by Gasteiger charge is 2.28. The molecule has 35 heavy (non-hydrogen) atoms. The largest absolute Gasteiger partial charge is 0.368 e. The van der Waals surface area contributed by atoms with Crippen molar-refractivity contribution >= 4 is 11.6 Å². The summed E-state index contributed by atoms with van der Waals surface area (Å²) >= 11 is 0. The Balaban J connectivity index is 1.14. The van der Waals surface area contributed by atoms with E-state index in [9.17, 15) is 9.18 Å². The molecule has 2 fully saturated rings. The number of anilines is 1. The third kappa shape index (κ3) is 5.72. The number of hydrogen-bond donors (Lipinski definition) is 0. The zero-order valence-electron chi connectivity index (χ0n) is 20.1. The minimum atomic E-state index is -0.221. The van der Waals surface area contributed by atoms with E-state index in [2.05, 4.69) is 75.4 Å². The van der Waals surface area contributed by atoms with E-state index in [4.69, 9.17) is 0 Å². The lowest BCUT2D eigenvalue weighted by molar-refractivity contribution is -0.133. The molecule has 0 N–H and O–H groups in total. The van der Waals surface area contributed by atoms with E-state index < -0.39 is 0 Å². The summed E-state index contributed by atoms with van der Waals surface area (Å²) < 4.78 is 13.2. The second-order valence-electron chi connectivity index (χ2n) is 9.38. The molecule has 2 aliphatic rings. The summed E-state index contributed by atoms with van der Waals surface area (Å²) in [7, 11) is 0. The maximum absolute atomic E-state index is 13.2. The Morgan fingerprint density at radius 2 is 1.23 bits per heavy atom. The van der Waals surface area contributed by atoms with Crippen LogP contribution in [-0.4, -0.2) is 79.5 Å². The summed E-state index contributed by atoms with van der Waals surface area (Å²) in [6, 6.07) is 28.2. The minimum absolute atomic E-state index is 0.208. The van der Waals surface area contributed by atoms with Gasteiger partial charge in [0.2, 0.25) is 5.91 Å². The molecule has 5 rings (SSSR count). The fraction of sp³-hybridized carbons (Fsp3) is 0.345. The van der Waals surface area contributed by atoms with Crippen LogP contribution in [-0.2, 0) is 4.79 Å². The molecule has 0 aromatic heterocycles. The lowest BCUT2D eigenvalue weighted by atomic mass is 9.96. The molecule has 2 heterocycles. The summed E-state index contributed by atoms with van der Waals surface area (Å²) in [6.45, 7) is 7.09. The number of carbonyl (C=O) groups is 1. The number of amides is 1. The molecule has 0 saturated carbocycles. The van der Waals surface area contributed by atoms with Crippen LogP contribution in [0.5, 0.6) is 0 Å². The van der Waals surface area contributed by atoms with Crippen LogP contribution in [0, 0.1) is 5.82 Å². The Morgan fingerprint density at radius 1 is 0.686 bits per heavy atom. The summed E-state index contributed by atoms with van der Waals surface area (Å²) in [6.07, 6.45) is 0. The third-order valence-electron chi connectivity index (χ3n) is 7.19. The van der Waals surface area contributed by atoms with Crippen molar-refractivity contribution in [1.29, 1.82) is 0 Å². The van der Waals surface area contributed by atoms with Crippen LogP contribution in [0.15, 0.2) is 84.9 Å². The number of piperazine rings is 2. The van der Waals surface area contributed by atoms with Gasteiger partial charge in [0.25, 0.3) is 0 Å². The number of carbonyl (C=O) groups excluding carboxylic acids is 1. The third-order valence-corrected chi connectivity index (χ3v) is 7.19. The maximum atomic E-state index is 13.2. The highest BCUT2D eigenvalue weighted by atomic mass is 19.1. The van der Waals surface area contributed by atoms with Crippen LogP contribution in [0.1, 0.15) is 17.2 Å². The molecule has 0 radical (unpaired) electrons. The molecule has 2 aliphatic heterocycles. The van der Waals surface area contributed by atoms with Gasteiger partial charge in [0, 0.05) is 58.0 Å². The van der Waals surface area contributed by atoms with Crippen molar-refractivity contribution in [3.05, 3.63) is 102 Å². The highest BCUT2D eigenvalue weighted by molar-refractivity contribution is 5.78. The number of rotatable bonds is 6. The van der Waals surface area contributed by atoms with E-state index in [0.717, 1.165) is 45.0 Å². The average molecular weight is 473 g/mol. The van der Waals surface area contributed by atoms with Gasteiger partial charge < -0.3 is 9.80 Å². The molecule has 0 unspecified atom stereocenters. The standard InChI is InChI=1S/C29H33FN4O/c30-26-11-13-27(14-12-26)32-19-21-33(22-20-32)28(35)23-31-15-17-34(18-16-31)29(24-7-3-1-4-8-24)25-9-5-2-6-10-25/h1-14,29H,15-23H2. The van der Waals surface area contributed by atoms with Crippen molar-refractivity contribution in [3.63, 3.8) is 0 Å². The van der Waals surface area contributed by atoms with Gasteiger partial charge in [-0.15, -0.1) is 0 Å². The molecule has 5 nitrogen and oxygen atoms in total. The van der Waals surface area contributed by atoms with E-state index >= 15 is 0 Å². The van der Waals surface area contributed by atoms with Crippen LogP contribution in [0.3, 0.4) is 0 Å².